The van der Waals surface area contributed by atoms with E-state index in [4.69, 9.17) is 0 Å². The molecule has 0 aliphatic carbocycles. The summed E-state index contributed by atoms with van der Waals surface area (Å²) >= 11 is 0. The lowest BCUT2D eigenvalue weighted by atomic mass is 10.1. The first kappa shape index (κ1) is 13.4. The fourth-order valence-corrected chi connectivity index (χ4v) is 1.69. The minimum Gasteiger partial charge on any atom is -0.392 e. The van der Waals surface area contributed by atoms with Crippen molar-refractivity contribution < 1.29 is 9.50 Å². The first-order chi connectivity index (χ1) is 9.06. The molecule has 0 aliphatic rings. The van der Waals surface area contributed by atoms with Crippen LogP contribution in [0.2, 0.25) is 0 Å². The van der Waals surface area contributed by atoms with Crippen molar-refractivity contribution in [3.8, 4) is 11.3 Å². The number of aromatic nitrogens is 2. The lowest BCUT2D eigenvalue weighted by Crippen LogP contribution is -2.17. The topological polar surface area (TPSA) is 58.0 Å². The van der Waals surface area contributed by atoms with E-state index in [2.05, 4.69) is 15.5 Å². The number of anilines is 1. The third-order valence-corrected chi connectivity index (χ3v) is 2.67. The Labute approximate surface area is 111 Å². The fourth-order valence-electron chi connectivity index (χ4n) is 1.69. The van der Waals surface area contributed by atoms with Crippen molar-refractivity contribution in [3.05, 3.63) is 41.7 Å². The molecular formula is C14H16FN3O. The average Bonchev–Trinajstić information content (AvgIpc) is 2.37. The number of halogens is 1. The molecule has 5 heteroatoms. The molecule has 1 aromatic carbocycles. The third-order valence-electron chi connectivity index (χ3n) is 2.67. The van der Waals surface area contributed by atoms with Gasteiger partial charge in [-0.15, -0.1) is 10.2 Å². The molecule has 1 heterocycles. The second-order valence-corrected chi connectivity index (χ2v) is 4.50. The summed E-state index contributed by atoms with van der Waals surface area (Å²) < 4.78 is 13.2. The van der Waals surface area contributed by atoms with Gasteiger partial charge in [-0.1, -0.05) is 12.1 Å². The van der Waals surface area contributed by atoms with Crippen molar-refractivity contribution in [2.24, 2.45) is 0 Å². The van der Waals surface area contributed by atoms with E-state index >= 15 is 0 Å². The minimum atomic E-state index is -0.455. The summed E-state index contributed by atoms with van der Waals surface area (Å²) in [6, 6.07) is 8.08. The summed E-state index contributed by atoms with van der Waals surface area (Å²) in [5, 5.41) is 20.3. The Morgan fingerprint density at radius 2 is 2.11 bits per heavy atom. The number of hydrogen-bond donors (Lipinski definition) is 2. The molecule has 1 aromatic heterocycles. The zero-order valence-electron chi connectivity index (χ0n) is 10.9. The molecule has 0 saturated heterocycles. The maximum atomic E-state index is 13.2. The van der Waals surface area contributed by atoms with Crippen molar-refractivity contribution in [3.63, 3.8) is 0 Å². The maximum absolute atomic E-state index is 13.2. The van der Waals surface area contributed by atoms with Crippen LogP contribution in [0.3, 0.4) is 0 Å². The lowest BCUT2D eigenvalue weighted by Gasteiger charge is -2.10. The van der Waals surface area contributed by atoms with Crippen LogP contribution < -0.4 is 5.32 Å². The molecule has 2 aromatic rings. The van der Waals surface area contributed by atoms with Gasteiger partial charge in [-0.25, -0.2) is 4.39 Å². The van der Waals surface area contributed by atoms with Gasteiger partial charge in [-0.05, 0) is 37.6 Å². The molecule has 0 fully saturated rings. The molecule has 0 bridgehead atoms. The van der Waals surface area contributed by atoms with E-state index < -0.39 is 6.10 Å². The van der Waals surface area contributed by atoms with Crippen molar-refractivity contribution in [2.75, 3.05) is 11.9 Å². The molecule has 0 amide bonds. The van der Waals surface area contributed by atoms with E-state index in [1.165, 1.54) is 12.1 Å². The highest BCUT2D eigenvalue weighted by molar-refractivity contribution is 5.61. The summed E-state index contributed by atoms with van der Waals surface area (Å²) in [6.45, 7) is 3.99. The van der Waals surface area contributed by atoms with Crippen LogP contribution in [0, 0.1) is 12.7 Å². The number of aliphatic hydroxyl groups excluding tert-OH is 1. The highest BCUT2D eigenvalue weighted by Gasteiger charge is 2.06. The first-order valence-electron chi connectivity index (χ1n) is 6.08. The van der Waals surface area contributed by atoms with Crippen LogP contribution in [0.1, 0.15) is 12.5 Å². The van der Waals surface area contributed by atoms with Crippen LogP contribution in [-0.4, -0.2) is 28.0 Å². The number of rotatable bonds is 4. The summed E-state index contributed by atoms with van der Waals surface area (Å²) in [7, 11) is 0. The summed E-state index contributed by atoms with van der Waals surface area (Å²) in [5.41, 5.74) is 2.21. The fraction of sp³-hybridized carbons (Fsp3) is 0.286. The largest absolute Gasteiger partial charge is 0.392 e. The predicted molar refractivity (Wildman–Crippen MR) is 72.3 cm³/mol. The number of benzene rings is 1. The molecule has 0 spiro atoms. The first-order valence-corrected chi connectivity index (χ1v) is 6.08. The smallest absolute Gasteiger partial charge is 0.151 e. The van der Waals surface area contributed by atoms with Gasteiger partial charge < -0.3 is 10.4 Å². The molecular weight excluding hydrogens is 245 g/mol. The molecule has 0 unspecified atom stereocenters. The van der Waals surface area contributed by atoms with E-state index in [9.17, 15) is 9.50 Å². The Balaban J connectivity index is 2.23. The van der Waals surface area contributed by atoms with Gasteiger partial charge in [0.1, 0.15) is 5.82 Å². The molecule has 2 rings (SSSR count). The summed E-state index contributed by atoms with van der Waals surface area (Å²) in [5.74, 6) is 0.328. The van der Waals surface area contributed by atoms with Gasteiger partial charge in [-0.2, -0.15) is 0 Å². The highest BCUT2D eigenvalue weighted by Crippen LogP contribution is 2.20. The van der Waals surface area contributed by atoms with Gasteiger partial charge in [0, 0.05) is 12.1 Å². The Hall–Kier alpha value is -2.01. The average molecular weight is 261 g/mol. The van der Waals surface area contributed by atoms with Crippen LogP contribution >= 0.6 is 0 Å². The van der Waals surface area contributed by atoms with E-state index in [-0.39, 0.29) is 5.82 Å². The van der Waals surface area contributed by atoms with Crippen LogP contribution in [0.25, 0.3) is 11.3 Å². The van der Waals surface area contributed by atoms with E-state index in [1.54, 1.807) is 19.1 Å². The number of nitrogens with one attached hydrogen (secondary N) is 1. The second-order valence-electron chi connectivity index (χ2n) is 4.50. The van der Waals surface area contributed by atoms with E-state index in [1.807, 2.05) is 13.0 Å². The number of aryl methyl sites for hydroxylation is 1. The van der Waals surface area contributed by atoms with Crippen molar-refractivity contribution in [2.45, 2.75) is 20.0 Å². The van der Waals surface area contributed by atoms with Gasteiger partial charge in [0.15, 0.2) is 5.82 Å². The maximum Gasteiger partial charge on any atom is 0.151 e. The number of aliphatic hydroxyl groups is 1. The zero-order valence-corrected chi connectivity index (χ0v) is 10.9. The van der Waals surface area contributed by atoms with Crippen molar-refractivity contribution in [1.29, 1.82) is 0 Å². The molecule has 2 N–H and O–H groups in total. The molecule has 0 saturated carbocycles. The number of hydrogen-bond acceptors (Lipinski definition) is 4. The Kier molecular flexibility index (Phi) is 4.06. The molecule has 19 heavy (non-hydrogen) atoms. The van der Waals surface area contributed by atoms with Gasteiger partial charge in [-0.3, -0.25) is 0 Å². The van der Waals surface area contributed by atoms with E-state index in [0.29, 0.717) is 23.6 Å². The molecule has 0 radical (unpaired) electrons. The van der Waals surface area contributed by atoms with Crippen LogP contribution in [0.4, 0.5) is 10.2 Å². The normalized spacial score (nSPS) is 12.2. The van der Waals surface area contributed by atoms with Gasteiger partial charge >= 0.3 is 0 Å². The predicted octanol–water partition coefficient (Wildman–Crippen LogP) is 2.38. The quantitative estimate of drug-likeness (QED) is 0.887. The summed E-state index contributed by atoms with van der Waals surface area (Å²) in [6.07, 6.45) is -0.455. The van der Waals surface area contributed by atoms with Crippen LogP contribution in [0.15, 0.2) is 30.3 Å². The third kappa shape index (κ3) is 3.48. The Bertz CT molecular complexity index is 572. The van der Waals surface area contributed by atoms with E-state index in [0.717, 1.165) is 5.56 Å². The SMILES string of the molecule is Cc1cc(-c2cccc(F)c2)nnc1NC[C@@H](C)O. The van der Waals surface area contributed by atoms with Crippen LogP contribution in [-0.2, 0) is 0 Å². The van der Waals surface area contributed by atoms with Gasteiger partial charge in [0.25, 0.3) is 0 Å². The second kappa shape index (κ2) is 5.75. The molecule has 4 nitrogen and oxygen atoms in total. The van der Waals surface area contributed by atoms with Crippen molar-refractivity contribution in [1.82, 2.24) is 10.2 Å². The standard InChI is InChI=1S/C14H16FN3O/c1-9-6-13(11-4-3-5-12(15)7-11)17-18-14(9)16-8-10(2)19/h3-7,10,19H,8H2,1-2H3,(H,16,18)/t10-/m1/s1. The Morgan fingerprint density at radius 1 is 1.32 bits per heavy atom. The zero-order chi connectivity index (χ0) is 13.8. The van der Waals surface area contributed by atoms with Crippen molar-refractivity contribution >= 4 is 5.82 Å². The van der Waals surface area contributed by atoms with Gasteiger partial charge in [0.2, 0.25) is 0 Å². The molecule has 0 aliphatic heterocycles. The Morgan fingerprint density at radius 3 is 2.74 bits per heavy atom. The summed E-state index contributed by atoms with van der Waals surface area (Å²) in [4.78, 5) is 0. The molecule has 100 valence electrons. The van der Waals surface area contributed by atoms with Gasteiger partial charge in [0.05, 0.1) is 11.8 Å². The lowest BCUT2D eigenvalue weighted by molar-refractivity contribution is 0.208. The number of nitrogens with zero attached hydrogens (tertiary/aromatic N) is 2. The molecule has 1 atom stereocenters. The highest BCUT2D eigenvalue weighted by atomic mass is 19.1. The van der Waals surface area contributed by atoms with Crippen LogP contribution in [0.5, 0.6) is 0 Å². The monoisotopic (exact) mass is 261 g/mol. The minimum absolute atomic E-state index is 0.298.